The summed E-state index contributed by atoms with van der Waals surface area (Å²) in [6.07, 6.45) is 13.0. The van der Waals surface area contributed by atoms with Crippen LogP contribution in [0.3, 0.4) is 0 Å². The zero-order valence-corrected chi connectivity index (χ0v) is 26.7. The van der Waals surface area contributed by atoms with Gasteiger partial charge in [-0.25, -0.2) is 14.4 Å². The molecule has 4 N–H and O–H groups in total. The summed E-state index contributed by atoms with van der Waals surface area (Å²) < 4.78 is 21.8. The van der Waals surface area contributed by atoms with E-state index in [1.165, 1.54) is 18.9 Å². The maximum absolute atomic E-state index is 12.4. The average molecular weight is 631 g/mol. The van der Waals surface area contributed by atoms with Crippen LogP contribution in [0.5, 0.6) is 11.5 Å². The number of hydrogen-bond donors (Lipinski definition) is 2. The lowest BCUT2D eigenvalue weighted by molar-refractivity contribution is -0.128. The lowest BCUT2D eigenvalue weighted by Crippen LogP contribution is -2.08. The van der Waals surface area contributed by atoms with Crippen molar-refractivity contribution in [3.63, 3.8) is 0 Å². The van der Waals surface area contributed by atoms with Crippen LogP contribution in [-0.4, -0.2) is 37.7 Å². The number of unbranched alkanes of at least 4 members (excludes halogenated alkanes) is 8. The van der Waals surface area contributed by atoms with Crippen LogP contribution in [0.4, 0.5) is 11.4 Å². The third-order valence-corrected chi connectivity index (χ3v) is 7.09. The van der Waals surface area contributed by atoms with Gasteiger partial charge in [0.2, 0.25) is 0 Å². The smallest absolute Gasteiger partial charge is 0.338 e. The van der Waals surface area contributed by atoms with E-state index in [4.69, 9.17) is 30.4 Å². The number of ether oxygens (including phenoxy) is 4. The third kappa shape index (κ3) is 13.9. The molecule has 3 aromatic carbocycles. The van der Waals surface area contributed by atoms with E-state index >= 15 is 0 Å². The summed E-state index contributed by atoms with van der Waals surface area (Å²) in [5.74, 6) is -0.125. The Morgan fingerprint density at radius 3 is 1.74 bits per heavy atom. The molecule has 246 valence electrons. The average Bonchev–Trinajstić information content (AvgIpc) is 3.05. The first kappa shape index (κ1) is 35.7. The van der Waals surface area contributed by atoms with Crippen LogP contribution in [0, 0.1) is 0 Å². The summed E-state index contributed by atoms with van der Waals surface area (Å²) in [6, 6.07) is 18.5. The lowest BCUT2D eigenvalue weighted by Gasteiger charge is -2.07. The molecule has 0 bridgehead atoms. The molecule has 9 nitrogen and oxygen atoms in total. The topological polar surface area (TPSA) is 140 Å². The number of esters is 3. The van der Waals surface area contributed by atoms with E-state index in [1.807, 2.05) is 0 Å². The van der Waals surface area contributed by atoms with Gasteiger partial charge in [-0.2, -0.15) is 0 Å². The van der Waals surface area contributed by atoms with Crippen LogP contribution in [0.1, 0.15) is 97.4 Å². The van der Waals surface area contributed by atoms with Crippen molar-refractivity contribution >= 4 is 35.4 Å². The molecule has 0 saturated heterocycles. The van der Waals surface area contributed by atoms with Crippen LogP contribution < -0.4 is 20.9 Å². The number of hydrogen-bond acceptors (Lipinski definition) is 9. The Bertz CT molecular complexity index is 1380. The summed E-state index contributed by atoms with van der Waals surface area (Å²) in [5, 5.41) is 0. The van der Waals surface area contributed by atoms with E-state index in [2.05, 4.69) is 6.92 Å². The normalized spacial score (nSPS) is 10.9. The zero-order chi connectivity index (χ0) is 33.0. The van der Waals surface area contributed by atoms with E-state index in [1.54, 1.807) is 72.8 Å². The molecule has 3 rings (SSSR count). The highest BCUT2D eigenvalue weighted by Gasteiger charge is 2.09. The van der Waals surface area contributed by atoms with Gasteiger partial charge in [0.25, 0.3) is 0 Å². The zero-order valence-electron chi connectivity index (χ0n) is 26.7. The Labute approximate surface area is 271 Å². The van der Waals surface area contributed by atoms with Crippen molar-refractivity contribution in [1.29, 1.82) is 0 Å². The molecule has 0 amide bonds. The van der Waals surface area contributed by atoms with Crippen molar-refractivity contribution < 1.29 is 33.3 Å². The van der Waals surface area contributed by atoms with Gasteiger partial charge < -0.3 is 30.4 Å². The fraction of sp³-hybridized carbons (Fsp3) is 0.378. The number of carbonyl (C=O) groups excluding carboxylic acids is 3. The van der Waals surface area contributed by atoms with E-state index in [0.717, 1.165) is 62.7 Å². The molecule has 0 heterocycles. The monoisotopic (exact) mass is 630 g/mol. The Hall–Kier alpha value is -4.79. The molecule has 0 aliphatic carbocycles. The summed E-state index contributed by atoms with van der Waals surface area (Å²) >= 11 is 0. The van der Waals surface area contributed by atoms with Gasteiger partial charge in [-0.1, -0.05) is 64.0 Å². The quantitative estimate of drug-likeness (QED) is 0.0421. The second kappa shape index (κ2) is 20.3. The lowest BCUT2D eigenvalue weighted by atomic mass is 10.1. The third-order valence-electron chi connectivity index (χ3n) is 7.09. The highest BCUT2D eigenvalue weighted by atomic mass is 16.5. The molecular weight excluding hydrogens is 584 g/mol. The van der Waals surface area contributed by atoms with Crippen molar-refractivity contribution in [2.75, 3.05) is 31.3 Å². The Kier molecular flexibility index (Phi) is 15.7. The maximum atomic E-state index is 12.4. The first-order valence-corrected chi connectivity index (χ1v) is 16.1. The maximum Gasteiger partial charge on any atom is 0.338 e. The van der Waals surface area contributed by atoms with E-state index in [0.29, 0.717) is 48.1 Å². The molecule has 46 heavy (non-hydrogen) atoms. The minimum absolute atomic E-state index is 0.341. The van der Waals surface area contributed by atoms with Crippen LogP contribution in [0.15, 0.2) is 72.8 Å². The second-order valence-electron chi connectivity index (χ2n) is 11.0. The number of nitrogen functional groups attached to an aromatic ring is 2. The molecule has 9 heteroatoms. The summed E-state index contributed by atoms with van der Waals surface area (Å²) in [7, 11) is 0. The SMILES string of the molecule is CCCCCCOc1ccc(OC(=O)/C=C/c2ccc(C(=O)OCCCCCCCCOC(=O)c3cc(N)cc(N)c3)cc2)cc1. The molecule has 0 atom stereocenters. The van der Waals surface area contributed by atoms with E-state index < -0.39 is 11.9 Å². The van der Waals surface area contributed by atoms with Crippen molar-refractivity contribution in [3.05, 3.63) is 89.5 Å². The van der Waals surface area contributed by atoms with Crippen LogP contribution >= 0.6 is 0 Å². The Morgan fingerprint density at radius 2 is 1.13 bits per heavy atom. The summed E-state index contributed by atoms with van der Waals surface area (Å²) in [5.41, 5.74) is 13.8. The number of nitrogens with two attached hydrogens (primary N) is 2. The molecule has 0 aliphatic heterocycles. The largest absolute Gasteiger partial charge is 0.494 e. The van der Waals surface area contributed by atoms with Crippen LogP contribution in [-0.2, 0) is 14.3 Å². The Morgan fingerprint density at radius 1 is 0.609 bits per heavy atom. The highest BCUT2D eigenvalue weighted by molar-refractivity contribution is 5.92. The Balaban J connectivity index is 1.23. The highest BCUT2D eigenvalue weighted by Crippen LogP contribution is 2.19. The molecule has 0 radical (unpaired) electrons. The van der Waals surface area contributed by atoms with Crippen molar-refractivity contribution in [2.24, 2.45) is 0 Å². The molecule has 0 unspecified atom stereocenters. The predicted octanol–water partition coefficient (Wildman–Crippen LogP) is 7.78. The molecule has 3 aromatic rings. The second-order valence-corrected chi connectivity index (χ2v) is 11.0. The minimum Gasteiger partial charge on any atom is -0.494 e. The van der Waals surface area contributed by atoms with Gasteiger partial charge in [0, 0.05) is 17.5 Å². The first-order valence-electron chi connectivity index (χ1n) is 16.1. The first-order chi connectivity index (χ1) is 22.3. The van der Waals surface area contributed by atoms with Gasteiger partial charge in [0.1, 0.15) is 11.5 Å². The number of carbonyl (C=O) groups is 3. The van der Waals surface area contributed by atoms with Gasteiger partial charge in [0.05, 0.1) is 30.9 Å². The summed E-state index contributed by atoms with van der Waals surface area (Å²) in [6.45, 7) is 3.54. The minimum atomic E-state index is -0.500. The van der Waals surface area contributed by atoms with Gasteiger partial charge in [-0.15, -0.1) is 0 Å². The van der Waals surface area contributed by atoms with E-state index in [9.17, 15) is 14.4 Å². The van der Waals surface area contributed by atoms with Crippen LogP contribution in [0.2, 0.25) is 0 Å². The predicted molar refractivity (Wildman–Crippen MR) is 181 cm³/mol. The van der Waals surface area contributed by atoms with Crippen LogP contribution in [0.25, 0.3) is 6.08 Å². The van der Waals surface area contributed by atoms with Crippen molar-refractivity contribution in [1.82, 2.24) is 0 Å². The van der Waals surface area contributed by atoms with Crippen molar-refractivity contribution in [2.45, 2.75) is 71.1 Å². The molecule has 0 saturated carbocycles. The van der Waals surface area contributed by atoms with Gasteiger partial charge in [-0.05, 0) is 85.5 Å². The molecule has 0 aliphatic rings. The standard InChI is InChI=1S/C37H46N2O7/c1-2-3-4-9-22-43-33-17-19-34(20-18-33)46-35(40)21-14-28-12-15-29(16-13-28)36(41)44-23-10-7-5-6-8-11-24-45-37(42)30-25-31(38)27-32(39)26-30/h12-21,25-27H,2-11,22-24,38-39H2,1H3/b21-14+. The number of rotatable bonds is 20. The molecule has 0 spiro atoms. The molecule has 0 aromatic heterocycles. The van der Waals surface area contributed by atoms with Gasteiger partial charge in [0.15, 0.2) is 0 Å². The molecule has 0 fully saturated rings. The number of anilines is 2. The van der Waals surface area contributed by atoms with Gasteiger partial charge >= 0.3 is 17.9 Å². The van der Waals surface area contributed by atoms with E-state index in [-0.39, 0.29) is 5.97 Å². The summed E-state index contributed by atoms with van der Waals surface area (Å²) in [4.78, 5) is 36.7. The van der Waals surface area contributed by atoms with Gasteiger partial charge in [-0.3, -0.25) is 0 Å². The molecular formula is C37H46N2O7. The fourth-order valence-electron chi connectivity index (χ4n) is 4.57. The van der Waals surface area contributed by atoms with Crippen molar-refractivity contribution in [3.8, 4) is 11.5 Å². The fourth-order valence-corrected chi connectivity index (χ4v) is 4.57. The number of benzene rings is 3.